The van der Waals surface area contributed by atoms with Gasteiger partial charge in [0.1, 0.15) is 4.90 Å². The second kappa shape index (κ2) is 4.34. The minimum absolute atomic E-state index is 0.0128. The van der Waals surface area contributed by atoms with E-state index in [0.717, 1.165) is 0 Å². The number of aromatic nitrogens is 2. The number of hydrogen-bond donors (Lipinski definition) is 3. The van der Waals surface area contributed by atoms with E-state index in [9.17, 15) is 8.42 Å². The van der Waals surface area contributed by atoms with E-state index in [2.05, 4.69) is 15.0 Å². The molecule has 0 aromatic carbocycles. The lowest BCUT2D eigenvalue weighted by atomic mass is 10.1. The molecule has 9 heteroatoms. The first kappa shape index (κ1) is 13.5. The molecule has 1 rings (SSSR count). The Morgan fingerprint density at radius 1 is 1.65 bits per heavy atom. The van der Waals surface area contributed by atoms with E-state index in [1.165, 1.54) is 30.9 Å². The lowest BCUT2D eigenvalue weighted by molar-refractivity contribution is 0.312. The van der Waals surface area contributed by atoms with Crippen molar-refractivity contribution < 1.29 is 13.6 Å². The number of amidine groups is 1. The number of oxime groups is 1. The first-order chi connectivity index (χ1) is 7.69. The van der Waals surface area contributed by atoms with E-state index in [0.29, 0.717) is 0 Å². The molecule has 1 aromatic heterocycles. The van der Waals surface area contributed by atoms with Crippen LogP contribution in [-0.2, 0) is 17.1 Å². The molecule has 1 heterocycles. The lowest BCUT2D eigenvalue weighted by Crippen LogP contribution is -2.52. The molecule has 0 atom stereocenters. The quantitative estimate of drug-likeness (QED) is 0.284. The van der Waals surface area contributed by atoms with Gasteiger partial charge in [-0.05, 0) is 13.8 Å². The SMILES string of the molecule is Cn1cc(S(=O)(=O)NC(C)(C)C(N)=NO)cn1. The van der Waals surface area contributed by atoms with Gasteiger partial charge in [0.25, 0.3) is 0 Å². The maximum Gasteiger partial charge on any atom is 0.244 e. The van der Waals surface area contributed by atoms with Gasteiger partial charge in [0.05, 0.1) is 11.7 Å². The van der Waals surface area contributed by atoms with Gasteiger partial charge in [0.2, 0.25) is 10.0 Å². The topological polar surface area (TPSA) is 123 Å². The van der Waals surface area contributed by atoms with Crippen molar-refractivity contribution in [1.29, 1.82) is 0 Å². The van der Waals surface area contributed by atoms with Gasteiger partial charge < -0.3 is 10.9 Å². The standard InChI is InChI=1S/C8H15N5O3S/c1-8(2,7(9)11-14)12-17(15,16)6-4-10-13(3)5-6/h4-5,12,14H,1-3H3,(H2,9,11). The molecule has 0 saturated heterocycles. The Morgan fingerprint density at radius 3 is 2.65 bits per heavy atom. The minimum atomic E-state index is -3.76. The van der Waals surface area contributed by atoms with Crippen LogP contribution in [0.3, 0.4) is 0 Å². The number of hydrogen-bond acceptors (Lipinski definition) is 5. The first-order valence-corrected chi connectivity index (χ1v) is 6.18. The summed E-state index contributed by atoms with van der Waals surface area (Å²) in [5.41, 5.74) is 4.20. The Hall–Kier alpha value is -1.61. The highest BCUT2D eigenvalue weighted by atomic mass is 32.2. The van der Waals surface area contributed by atoms with E-state index in [-0.39, 0.29) is 10.7 Å². The van der Waals surface area contributed by atoms with Crippen molar-refractivity contribution >= 4 is 15.9 Å². The summed E-state index contributed by atoms with van der Waals surface area (Å²) < 4.78 is 27.5. The molecule has 1 aromatic rings. The summed E-state index contributed by atoms with van der Waals surface area (Å²) in [6.45, 7) is 2.96. The van der Waals surface area contributed by atoms with Crippen LogP contribution in [0.1, 0.15) is 13.8 Å². The number of aryl methyl sites for hydroxylation is 1. The van der Waals surface area contributed by atoms with E-state index < -0.39 is 15.6 Å². The second-order valence-electron chi connectivity index (χ2n) is 4.07. The number of nitrogens with two attached hydrogens (primary N) is 1. The monoisotopic (exact) mass is 261 g/mol. The third-order valence-electron chi connectivity index (χ3n) is 2.13. The average molecular weight is 261 g/mol. The maximum atomic E-state index is 11.9. The van der Waals surface area contributed by atoms with E-state index in [1.807, 2.05) is 0 Å². The van der Waals surface area contributed by atoms with E-state index in [1.54, 1.807) is 7.05 Å². The van der Waals surface area contributed by atoms with Crippen LogP contribution >= 0.6 is 0 Å². The third-order valence-corrected chi connectivity index (χ3v) is 3.74. The molecule has 0 aliphatic rings. The smallest absolute Gasteiger partial charge is 0.244 e. The van der Waals surface area contributed by atoms with Crippen molar-refractivity contribution in [3.63, 3.8) is 0 Å². The summed E-state index contributed by atoms with van der Waals surface area (Å²) in [6, 6.07) is 0. The minimum Gasteiger partial charge on any atom is -0.409 e. The van der Waals surface area contributed by atoms with Gasteiger partial charge in [0.15, 0.2) is 5.84 Å². The van der Waals surface area contributed by atoms with Gasteiger partial charge in [0, 0.05) is 13.2 Å². The van der Waals surface area contributed by atoms with Crippen LogP contribution in [0.2, 0.25) is 0 Å². The van der Waals surface area contributed by atoms with Gasteiger partial charge in [-0.15, -0.1) is 0 Å². The van der Waals surface area contributed by atoms with Crippen molar-refractivity contribution in [3.05, 3.63) is 12.4 Å². The van der Waals surface area contributed by atoms with Crippen LogP contribution in [-0.4, -0.2) is 34.8 Å². The molecular formula is C8H15N5O3S. The van der Waals surface area contributed by atoms with Crippen molar-refractivity contribution in [2.75, 3.05) is 0 Å². The summed E-state index contributed by atoms with van der Waals surface area (Å²) in [4.78, 5) is 0.0128. The molecule has 0 aliphatic carbocycles. The maximum absolute atomic E-state index is 11.9. The van der Waals surface area contributed by atoms with Crippen LogP contribution in [0.15, 0.2) is 22.4 Å². The highest BCUT2D eigenvalue weighted by molar-refractivity contribution is 7.89. The van der Waals surface area contributed by atoms with Gasteiger partial charge in [-0.1, -0.05) is 5.16 Å². The first-order valence-electron chi connectivity index (χ1n) is 4.69. The molecule has 0 spiro atoms. The number of rotatable bonds is 4. The van der Waals surface area contributed by atoms with Crippen LogP contribution in [0, 0.1) is 0 Å². The highest BCUT2D eigenvalue weighted by Crippen LogP contribution is 2.12. The van der Waals surface area contributed by atoms with Crippen molar-refractivity contribution in [2.24, 2.45) is 17.9 Å². The largest absolute Gasteiger partial charge is 0.409 e. The van der Waals surface area contributed by atoms with Gasteiger partial charge in [-0.25, -0.2) is 8.42 Å². The molecule has 0 amide bonds. The molecule has 96 valence electrons. The number of sulfonamides is 1. The summed E-state index contributed by atoms with van der Waals surface area (Å²) in [5.74, 6) is -0.232. The molecule has 8 nitrogen and oxygen atoms in total. The normalized spacial score (nSPS) is 13.9. The zero-order valence-corrected chi connectivity index (χ0v) is 10.6. The molecule has 0 fully saturated rings. The molecule has 4 N–H and O–H groups in total. The third kappa shape index (κ3) is 2.94. The number of nitrogens with one attached hydrogen (secondary N) is 1. The average Bonchev–Trinajstić information content (AvgIpc) is 2.62. The van der Waals surface area contributed by atoms with E-state index in [4.69, 9.17) is 10.9 Å². The molecular weight excluding hydrogens is 246 g/mol. The Morgan fingerprint density at radius 2 is 2.24 bits per heavy atom. The summed E-state index contributed by atoms with van der Waals surface area (Å²) in [6.07, 6.45) is 2.56. The lowest BCUT2D eigenvalue weighted by Gasteiger charge is -2.23. The fourth-order valence-corrected chi connectivity index (χ4v) is 2.48. The van der Waals surface area contributed by atoms with Gasteiger partial charge in [-0.3, -0.25) is 4.68 Å². The van der Waals surface area contributed by atoms with Crippen molar-refractivity contribution in [2.45, 2.75) is 24.3 Å². The van der Waals surface area contributed by atoms with E-state index >= 15 is 0 Å². The van der Waals surface area contributed by atoms with Gasteiger partial charge in [-0.2, -0.15) is 9.82 Å². The fourth-order valence-electron chi connectivity index (χ4n) is 1.11. The molecule has 17 heavy (non-hydrogen) atoms. The molecule has 0 saturated carbocycles. The number of nitrogens with zero attached hydrogens (tertiary/aromatic N) is 3. The van der Waals surface area contributed by atoms with Crippen LogP contribution in [0.25, 0.3) is 0 Å². The Balaban J connectivity index is 3.03. The van der Waals surface area contributed by atoms with Crippen molar-refractivity contribution in [1.82, 2.24) is 14.5 Å². The summed E-state index contributed by atoms with van der Waals surface area (Å²) in [5, 5.41) is 15.1. The Kier molecular flexibility index (Phi) is 3.43. The second-order valence-corrected chi connectivity index (χ2v) is 5.75. The van der Waals surface area contributed by atoms with Gasteiger partial charge >= 0.3 is 0 Å². The fraction of sp³-hybridized carbons (Fsp3) is 0.500. The van der Waals surface area contributed by atoms with Crippen LogP contribution < -0.4 is 10.5 Å². The molecule has 0 unspecified atom stereocenters. The predicted molar refractivity (Wildman–Crippen MR) is 61.0 cm³/mol. The molecule has 0 aliphatic heterocycles. The van der Waals surface area contributed by atoms with Crippen LogP contribution in [0.5, 0.6) is 0 Å². The zero-order valence-electron chi connectivity index (χ0n) is 9.75. The summed E-state index contributed by atoms with van der Waals surface area (Å²) in [7, 11) is -2.15. The Labute approximate surface area is 99.2 Å². The zero-order chi connectivity index (χ0) is 13.3. The van der Waals surface area contributed by atoms with Crippen molar-refractivity contribution in [3.8, 4) is 0 Å². The molecule has 0 bridgehead atoms. The Bertz CT molecular complexity index is 531. The predicted octanol–water partition coefficient (Wildman–Crippen LogP) is -0.777. The van der Waals surface area contributed by atoms with Crippen LogP contribution in [0.4, 0.5) is 0 Å². The highest BCUT2D eigenvalue weighted by Gasteiger charge is 2.30. The summed E-state index contributed by atoms with van der Waals surface area (Å²) >= 11 is 0. The molecule has 0 radical (unpaired) electrons.